The van der Waals surface area contributed by atoms with Crippen molar-refractivity contribution in [1.29, 1.82) is 0 Å². The van der Waals surface area contributed by atoms with E-state index >= 15 is 0 Å². The number of pyridine rings is 1. The predicted octanol–water partition coefficient (Wildman–Crippen LogP) is 4.48. The fourth-order valence-corrected chi connectivity index (χ4v) is 4.15. The number of rotatable bonds is 5. The van der Waals surface area contributed by atoms with Crippen molar-refractivity contribution >= 4 is 50.2 Å². The van der Waals surface area contributed by atoms with E-state index in [1.807, 2.05) is 32.9 Å². The lowest BCUT2D eigenvalue weighted by Crippen LogP contribution is -2.26. The molecule has 2 amide bonds. The first-order chi connectivity index (χ1) is 15.2. The lowest BCUT2D eigenvalue weighted by atomic mass is 10.1. The van der Waals surface area contributed by atoms with Crippen LogP contribution in [0.25, 0.3) is 10.3 Å². The van der Waals surface area contributed by atoms with E-state index in [4.69, 9.17) is 11.6 Å². The predicted molar refractivity (Wildman–Crippen MR) is 125 cm³/mol. The van der Waals surface area contributed by atoms with E-state index in [9.17, 15) is 9.59 Å². The number of hydrogen-bond donors (Lipinski definition) is 2. The summed E-state index contributed by atoms with van der Waals surface area (Å²) in [7, 11) is 0. The number of thiazole rings is 1. The van der Waals surface area contributed by atoms with Crippen molar-refractivity contribution in [2.45, 2.75) is 32.9 Å². The first-order valence-corrected chi connectivity index (χ1v) is 11.1. The molecule has 0 fully saturated rings. The van der Waals surface area contributed by atoms with Gasteiger partial charge in [-0.2, -0.15) is 10.1 Å². The summed E-state index contributed by atoms with van der Waals surface area (Å²) in [5.74, 6) is -0.644. The van der Waals surface area contributed by atoms with Crippen molar-refractivity contribution in [1.82, 2.24) is 25.1 Å². The van der Waals surface area contributed by atoms with Gasteiger partial charge in [-0.15, -0.1) is 0 Å². The van der Waals surface area contributed by atoms with Crippen molar-refractivity contribution in [2.24, 2.45) is 0 Å². The van der Waals surface area contributed by atoms with Crippen molar-refractivity contribution in [3.8, 4) is 0 Å². The smallest absolute Gasteiger partial charge is 0.273 e. The van der Waals surface area contributed by atoms with Crippen LogP contribution in [0.3, 0.4) is 0 Å². The minimum Gasteiger partial charge on any atom is -0.347 e. The first kappa shape index (κ1) is 21.9. The van der Waals surface area contributed by atoms with Gasteiger partial charge in [-0.05, 0) is 56.7 Å². The van der Waals surface area contributed by atoms with Crippen molar-refractivity contribution < 1.29 is 9.59 Å². The normalized spacial score (nSPS) is 11.5. The summed E-state index contributed by atoms with van der Waals surface area (Å²) in [5, 5.41) is 11.1. The van der Waals surface area contributed by atoms with Crippen LogP contribution in [-0.2, 0) is 12.1 Å². The van der Waals surface area contributed by atoms with Crippen molar-refractivity contribution in [3.63, 3.8) is 0 Å². The van der Waals surface area contributed by atoms with Crippen LogP contribution in [0.1, 0.15) is 47.2 Å². The molecule has 8 nitrogen and oxygen atoms in total. The molecule has 32 heavy (non-hydrogen) atoms. The fraction of sp³-hybridized carbons (Fsp3) is 0.227. The van der Waals surface area contributed by atoms with Gasteiger partial charge in [0.2, 0.25) is 0 Å². The molecule has 0 spiro atoms. The van der Waals surface area contributed by atoms with E-state index < -0.39 is 5.54 Å². The summed E-state index contributed by atoms with van der Waals surface area (Å²) in [4.78, 5) is 34.1. The molecule has 2 N–H and O–H groups in total. The molecule has 0 unspecified atom stereocenters. The summed E-state index contributed by atoms with van der Waals surface area (Å²) in [6.45, 7) is 6.27. The van der Waals surface area contributed by atoms with Crippen LogP contribution in [0.4, 0.5) is 5.13 Å². The highest BCUT2D eigenvalue weighted by Crippen LogP contribution is 2.32. The largest absolute Gasteiger partial charge is 0.347 e. The summed E-state index contributed by atoms with van der Waals surface area (Å²) in [6.07, 6.45) is 3.35. The molecule has 0 aliphatic heterocycles. The van der Waals surface area contributed by atoms with Gasteiger partial charge < -0.3 is 5.32 Å². The quantitative estimate of drug-likeness (QED) is 0.449. The van der Waals surface area contributed by atoms with E-state index in [0.717, 1.165) is 5.56 Å². The van der Waals surface area contributed by atoms with Crippen LogP contribution in [0.5, 0.6) is 0 Å². The SMILES string of the molecule is CC(C)(C)n1nc(C(=O)NCc2ccncc2)c2sc(NC(=O)c3cccc(Cl)c3)nc21. The monoisotopic (exact) mass is 468 g/mol. The molecule has 4 aromatic rings. The zero-order chi connectivity index (χ0) is 22.9. The highest BCUT2D eigenvalue weighted by molar-refractivity contribution is 7.22. The maximum Gasteiger partial charge on any atom is 0.273 e. The number of nitrogens with one attached hydrogen (secondary N) is 2. The third-order valence-corrected chi connectivity index (χ3v) is 5.79. The molecule has 3 aromatic heterocycles. The number of hydrogen-bond acceptors (Lipinski definition) is 6. The van der Waals surface area contributed by atoms with Crippen LogP contribution in [-0.4, -0.2) is 31.6 Å². The van der Waals surface area contributed by atoms with Crippen molar-refractivity contribution in [3.05, 3.63) is 70.6 Å². The second kappa shape index (κ2) is 8.68. The highest BCUT2D eigenvalue weighted by Gasteiger charge is 2.27. The molecule has 3 heterocycles. The molecule has 0 saturated carbocycles. The fourth-order valence-electron chi connectivity index (χ4n) is 3.04. The van der Waals surface area contributed by atoms with Gasteiger partial charge >= 0.3 is 0 Å². The lowest BCUT2D eigenvalue weighted by Gasteiger charge is -2.19. The van der Waals surface area contributed by atoms with Crippen LogP contribution in [0.2, 0.25) is 5.02 Å². The summed E-state index contributed by atoms with van der Waals surface area (Å²) in [5.41, 5.74) is 1.75. The molecule has 164 valence electrons. The maximum atomic E-state index is 12.9. The van der Waals surface area contributed by atoms with Crippen LogP contribution in [0.15, 0.2) is 48.8 Å². The molecule has 4 rings (SSSR count). The molecule has 0 radical (unpaired) electrons. The van der Waals surface area contributed by atoms with E-state index in [0.29, 0.717) is 32.6 Å². The Kier molecular flexibility index (Phi) is 5.94. The maximum absolute atomic E-state index is 12.9. The highest BCUT2D eigenvalue weighted by atomic mass is 35.5. The number of carbonyl (C=O) groups excluding carboxylic acids is 2. The van der Waals surface area contributed by atoms with Gasteiger partial charge in [0.1, 0.15) is 4.70 Å². The van der Waals surface area contributed by atoms with Crippen LogP contribution in [0, 0.1) is 0 Å². The van der Waals surface area contributed by atoms with Gasteiger partial charge in [-0.25, -0.2) is 4.68 Å². The van der Waals surface area contributed by atoms with E-state index in [2.05, 4.69) is 25.7 Å². The number of aromatic nitrogens is 4. The number of nitrogens with zero attached hydrogens (tertiary/aromatic N) is 4. The molecule has 10 heteroatoms. The molecule has 0 bridgehead atoms. The molecule has 0 saturated heterocycles. The minimum absolute atomic E-state index is 0.268. The molecule has 1 aromatic carbocycles. The Morgan fingerprint density at radius 1 is 1.12 bits per heavy atom. The Morgan fingerprint density at radius 3 is 2.56 bits per heavy atom. The van der Waals surface area contributed by atoms with Gasteiger partial charge in [0.25, 0.3) is 11.8 Å². The number of amides is 2. The summed E-state index contributed by atoms with van der Waals surface area (Å²) >= 11 is 7.19. The second-order valence-electron chi connectivity index (χ2n) is 8.11. The van der Waals surface area contributed by atoms with E-state index in [-0.39, 0.29) is 17.5 Å². The van der Waals surface area contributed by atoms with E-state index in [1.54, 1.807) is 41.3 Å². The van der Waals surface area contributed by atoms with Gasteiger partial charge in [0, 0.05) is 29.5 Å². The number of halogens is 1. The molecule has 0 aliphatic rings. The van der Waals surface area contributed by atoms with E-state index in [1.165, 1.54) is 11.3 Å². The standard InChI is InChI=1S/C22H21ClN6O2S/c1-22(2,3)29-18-17(16(28-29)20(31)25-12-13-7-9-24-10-8-13)32-21(26-18)27-19(30)14-5-4-6-15(23)11-14/h4-11H,12H2,1-3H3,(H,25,31)(H,26,27,30). The molecule has 0 aliphatic carbocycles. The van der Waals surface area contributed by atoms with Gasteiger partial charge in [0.15, 0.2) is 16.5 Å². The van der Waals surface area contributed by atoms with Crippen LogP contribution < -0.4 is 10.6 Å². The number of fused-ring (bicyclic) bond motifs is 1. The Bertz CT molecular complexity index is 1290. The number of anilines is 1. The zero-order valence-corrected chi connectivity index (χ0v) is 19.3. The zero-order valence-electron chi connectivity index (χ0n) is 17.7. The Hall–Kier alpha value is -3.30. The average molecular weight is 469 g/mol. The Labute approximate surface area is 193 Å². The molecular formula is C22H21ClN6O2S. The Morgan fingerprint density at radius 2 is 1.88 bits per heavy atom. The second-order valence-corrected chi connectivity index (χ2v) is 9.54. The van der Waals surface area contributed by atoms with Crippen LogP contribution >= 0.6 is 22.9 Å². The Balaban J connectivity index is 1.63. The third-order valence-electron chi connectivity index (χ3n) is 4.59. The molecular weight excluding hydrogens is 448 g/mol. The lowest BCUT2D eigenvalue weighted by molar-refractivity contribution is 0.0945. The number of carbonyl (C=O) groups is 2. The van der Waals surface area contributed by atoms with Gasteiger partial charge in [0.05, 0.1) is 5.54 Å². The summed E-state index contributed by atoms with van der Waals surface area (Å²) in [6, 6.07) is 10.3. The average Bonchev–Trinajstić information content (AvgIpc) is 3.31. The topological polar surface area (TPSA) is 102 Å². The minimum atomic E-state index is -0.413. The molecule has 0 atom stereocenters. The van der Waals surface area contributed by atoms with Crippen molar-refractivity contribution in [2.75, 3.05) is 5.32 Å². The third kappa shape index (κ3) is 4.63. The summed E-state index contributed by atoms with van der Waals surface area (Å²) < 4.78 is 2.31. The van der Waals surface area contributed by atoms with Gasteiger partial charge in [-0.3, -0.25) is 19.9 Å². The number of benzene rings is 1. The first-order valence-electron chi connectivity index (χ1n) is 9.86. The van der Waals surface area contributed by atoms with Gasteiger partial charge in [-0.1, -0.05) is 29.0 Å².